The molecule has 0 bridgehead atoms. The monoisotopic (exact) mass is 571 g/mol. The second-order valence-electron chi connectivity index (χ2n) is 10.2. The van der Waals surface area contributed by atoms with E-state index in [2.05, 4.69) is 41.7 Å². The van der Waals surface area contributed by atoms with E-state index in [1.54, 1.807) is 18.2 Å². The predicted octanol–water partition coefficient (Wildman–Crippen LogP) is 7.83. The average Bonchev–Trinajstić information content (AvgIpc) is 3.05. The van der Waals surface area contributed by atoms with E-state index < -0.39 is 6.04 Å². The van der Waals surface area contributed by atoms with Crippen molar-refractivity contribution >= 4 is 17.7 Å². The molecule has 1 atom stereocenters. The molecule has 7 heteroatoms. The van der Waals surface area contributed by atoms with Gasteiger partial charge in [0.2, 0.25) is 0 Å². The number of benzene rings is 5. The molecule has 0 saturated heterocycles. The fourth-order valence-electron chi connectivity index (χ4n) is 4.90. The Labute approximate surface area is 251 Å². The summed E-state index contributed by atoms with van der Waals surface area (Å²) >= 11 is 0. The second-order valence-corrected chi connectivity index (χ2v) is 10.2. The largest absolute Gasteiger partial charge is 0.489 e. The predicted molar refractivity (Wildman–Crippen MR) is 170 cm³/mol. The maximum atomic E-state index is 11.9. The molecular weight excluding hydrogens is 538 g/mol. The highest BCUT2D eigenvalue weighted by atomic mass is 16.5. The van der Waals surface area contributed by atoms with Crippen LogP contribution in [0.2, 0.25) is 0 Å². The Morgan fingerprint density at radius 1 is 0.814 bits per heavy atom. The maximum absolute atomic E-state index is 11.9. The standard InChI is InChI=1S/C36H33N3O4/c1-25-30(13-8-14-32(25)27-9-4-2-5-10-27)24-42-31-17-16-29(21-38-35(22-40)28-11-6-3-7-12-28)36(20-31)43-23-26-15-18-34(39-41)33(37)19-26/h2-20,22,35,38H,21,23-24,37H2,1H3. The summed E-state index contributed by atoms with van der Waals surface area (Å²) < 4.78 is 12.5. The van der Waals surface area contributed by atoms with Crippen LogP contribution < -0.4 is 20.5 Å². The van der Waals surface area contributed by atoms with Crippen molar-refractivity contribution < 1.29 is 14.3 Å². The number of ether oxygens (including phenoxy) is 2. The van der Waals surface area contributed by atoms with Gasteiger partial charge in [-0.15, -0.1) is 4.91 Å². The normalized spacial score (nSPS) is 11.5. The lowest BCUT2D eigenvalue weighted by Crippen LogP contribution is -2.22. The molecule has 43 heavy (non-hydrogen) atoms. The minimum Gasteiger partial charge on any atom is -0.489 e. The molecule has 216 valence electrons. The van der Waals surface area contributed by atoms with E-state index in [4.69, 9.17) is 15.2 Å². The number of anilines is 1. The third-order valence-electron chi connectivity index (χ3n) is 7.36. The summed E-state index contributed by atoms with van der Waals surface area (Å²) in [7, 11) is 0. The van der Waals surface area contributed by atoms with Crippen LogP contribution in [0.15, 0.2) is 120 Å². The fraction of sp³-hybridized carbons (Fsp3) is 0.139. The molecule has 1 unspecified atom stereocenters. The van der Waals surface area contributed by atoms with Crippen LogP contribution in [0.4, 0.5) is 11.4 Å². The number of carbonyl (C=O) groups is 1. The van der Waals surface area contributed by atoms with Crippen LogP contribution in [-0.4, -0.2) is 6.29 Å². The Morgan fingerprint density at radius 2 is 1.58 bits per heavy atom. The topological polar surface area (TPSA) is 103 Å². The van der Waals surface area contributed by atoms with Crippen molar-refractivity contribution in [3.63, 3.8) is 0 Å². The minimum atomic E-state index is -0.465. The number of carbonyl (C=O) groups excluding carboxylic acids is 1. The molecule has 0 saturated carbocycles. The molecule has 0 aliphatic rings. The Morgan fingerprint density at radius 3 is 2.30 bits per heavy atom. The number of hydrogen-bond donors (Lipinski definition) is 2. The molecular formula is C36H33N3O4. The van der Waals surface area contributed by atoms with Crippen molar-refractivity contribution in [3.8, 4) is 22.6 Å². The first-order chi connectivity index (χ1) is 21.1. The Hall–Kier alpha value is -5.27. The van der Waals surface area contributed by atoms with Gasteiger partial charge >= 0.3 is 0 Å². The molecule has 7 nitrogen and oxygen atoms in total. The van der Waals surface area contributed by atoms with E-state index in [-0.39, 0.29) is 12.3 Å². The van der Waals surface area contributed by atoms with Crippen molar-refractivity contribution in [1.29, 1.82) is 0 Å². The van der Waals surface area contributed by atoms with Gasteiger partial charge in [0.1, 0.15) is 36.7 Å². The summed E-state index contributed by atoms with van der Waals surface area (Å²) in [5.41, 5.74) is 13.5. The Bertz CT molecular complexity index is 1690. The van der Waals surface area contributed by atoms with Crippen molar-refractivity contribution in [2.45, 2.75) is 32.7 Å². The van der Waals surface area contributed by atoms with Crippen molar-refractivity contribution in [2.75, 3.05) is 5.73 Å². The van der Waals surface area contributed by atoms with Gasteiger partial charge in [-0.05, 0) is 63.7 Å². The third kappa shape index (κ3) is 7.33. The third-order valence-corrected chi connectivity index (χ3v) is 7.36. The number of aldehydes is 1. The summed E-state index contributed by atoms with van der Waals surface area (Å²) in [5.74, 6) is 1.26. The van der Waals surface area contributed by atoms with Crippen LogP contribution in [0.1, 0.15) is 33.9 Å². The lowest BCUT2D eigenvalue weighted by Gasteiger charge is -2.18. The van der Waals surface area contributed by atoms with Gasteiger partial charge in [-0.1, -0.05) is 91.0 Å². The van der Waals surface area contributed by atoms with Gasteiger partial charge in [-0.3, -0.25) is 5.32 Å². The van der Waals surface area contributed by atoms with E-state index in [0.717, 1.165) is 39.7 Å². The van der Waals surface area contributed by atoms with Gasteiger partial charge in [0.15, 0.2) is 0 Å². The fourth-order valence-corrected chi connectivity index (χ4v) is 4.90. The molecule has 5 aromatic rings. The molecule has 5 rings (SSSR count). The van der Waals surface area contributed by atoms with Gasteiger partial charge in [0, 0.05) is 18.2 Å². The van der Waals surface area contributed by atoms with Crippen LogP contribution >= 0.6 is 0 Å². The number of hydrogen-bond acceptors (Lipinski definition) is 7. The summed E-state index contributed by atoms with van der Waals surface area (Å²) in [6.07, 6.45) is 0.893. The molecule has 0 aliphatic heterocycles. The lowest BCUT2D eigenvalue weighted by molar-refractivity contribution is -0.109. The molecule has 0 fully saturated rings. The van der Waals surface area contributed by atoms with E-state index in [9.17, 15) is 9.70 Å². The maximum Gasteiger partial charge on any atom is 0.141 e. The molecule has 0 amide bonds. The minimum absolute atomic E-state index is 0.191. The van der Waals surface area contributed by atoms with Crippen molar-refractivity contribution in [2.24, 2.45) is 5.18 Å². The molecule has 3 N–H and O–H groups in total. The number of nitrogens with two attached hydrogens (primary N) is 1. The summed E-state index contributed by atoms with van der Waals surface area (Å²) in [6, 6.07) is 36.3. The van der Waals surface area contributed by atoms with E-state index in [0.29, 0.717) is 30.3 Å². The first-order valence-corrected chi connectivity index (χ1v) is 14.0. The van der Waals surface area contributed by atoms with Crippen molar-refractivity contribution in [3.05, 3.63) is 148 Å². The zero-order chi connectivity index (χ0) is 30.0. The van der Waals surface area contributed by atoms with Gasteiger partial charge in [0.25, 0.3) is 0 Å². The summed E-state index contributed by atoms with van der Waals surface area (Å²) in [5, 5.41) is 6.25. The van der Waals surface area contributed by atoms with Crippen LogP contribution in [-0.2, 0) is 24.6 Å². The van der Waals surface area contributed by atoms with Gasteiger partial charge in [0.05, 0.1) is 11.7 Å². The van der Waals surface area contributed by atoms with Gasteiger partial charge < -0.3 is 20.0 Å². The molecule has 0 radical (unpaired) electrons. The second kappa shape index (κ2) is 14.1. The van der Waals surface area contributed by atoms with E-state index >= 15 is 0 Å². The zero-order valence-electron chi connectivity index (χ0n) is 23.9. The summed E-state index contributed by atoms with van der Waals surface area (Å²) in [6.45, 7) is 3.11. The lowest BCUT2D eigenvalue weighted by atomic mass is 9.97. The van der Waals surface area contributed by atoms with Crippen molar-refractivity contribution in [1.82, 2.24) is 5.32 Å². The number of nitrogens with one attached hydrogen (secondary N) is 1. The van der Waals surface area contributed by atoms with Crippen LogP contribution in [0.5, 0.6) is 11.5 Å². The summed E-state index contributed by atoms with van der Waals surface area (Å²) in [4.78, 5) is 22.8. The number of rotatable bonds is 13. The molecule has 0 spiro atoms. The van der Waals surface area contributed by atoms with Gasteiger partial charge in [-0.25, -0.2) is 0 Å². The quantitative estimate of drug-likeness (QED) is 0.0848. The van der Waals surface area contributed by atoms with Crippen LogP contribution in [0, 0.1) is 11.8 Å². The smallest absolute Gasteiger partial charge is 0.141 e. The average molecular weight is 572 g/mol. The van der Waals surface area contributed by atoms with E-state index in [1.807, 2.05) is 72.8 Å². The Balaban J connectivity index is 1.35. The number of nitroso groups, excluding NO2 is 1. The molecule has 5 aromatic carbocycles. The molecule has 0 aromatic heterocycles. The highest BCUT2D eigenvalue weighted by Crippen LogP contribution is 2.30. The SMILES string of the molecule is Cc1c(COc2ccc(CNC(C=O)c3ccccc3)c(OCc3ccc(N=O)c(N)c3)c2)cccc1-c1ccccc1. The van der Waals surface area contributed by atoms with Crippen LogP contribution in [0.3, 0.4) is 0 Å². The molecule has 0 aliphatic carbocycles. The Kier molecular flexibility index (Phi) is 9.56. The first kappa shape index (κ1) is 29.2. The highest BCUT2D eigenvalue weighted by molar-refractivity contribution is 5.68. The number of nitrogen functional groups attached to an aromatic ring is 1. The van der Waals surface area contributed by atoms with Crippen LogP contribution in [0.25, 0.3) is 11.1 Å². The first-order valence-electron chi connectivity index (χ1n) is 14.0. The molecule has 0 heterocycles. The van der Waals surface area contributed by atoms with Gasteiger partial charge in [-0.2, -0.15) is 0 Å². The number of nitrogens with zero attached hydrogens (tertiary/aromatic N) is 1. The van der Waals surface area contributed by atoms with E-state index in [1.165, 1.54) is 5.56 Å². The highest BCUT2D eigenvalue weighted by Gasteiger charge is 2.14. The zero-order valence-corrected chi connectivity index (χ0v) is 23.9.